The largest absolute Gasteiger partial charge is 0.0683 e. The van der Waals surface area contributed by atoms with Crippen molar-refractivity contribution >= 4 is 0 Å². The Balaban J connectivity index is -0.0000000136. The molecule has 0 aliphatic heterocycles. The van der Waals surface area contributed by atoms with E-state index in [2.05, 4.69) is 111 Å². The molecule has 4 rings (SSSR count). The number of hydrogen-bond donors (Lipinski definition) is 0. The molecule has 0 saturated heterocycles. The maximum Gasteiger partial charge on any atom is -0.00555 e. The molecule has 624 valence electrons. The highest BCUT2D eigenvalue weighted by atomic mass is 14.4. The molecule has 0 radical (unpaired) electrons. The molecule has 0 heterocycles. The summed E-state index contributed by atoms with van der Waals surface area (Å²) in [5.41, 5.74) is 10.8. The minimum atomic E-state index is 1.25. The molecule has 0 bridgehead atoms. The van der Waals surface area contributed by atoms with Gasteiger partial charge in [-0.05, 0) is 73.7 Å². The van der Waals surface area contributed by atoms with Gasteiger partial charge in [-0.1, -0.05) is 561 Å². The highest BCUT2D eigenvalue weighted by molar-refractivity contribution is 5.63. The van der Waals surface area contributed by atoms with Gasteiger partial charge in [-0.3, -0.25) is 0 Å². The van der Waals surface area contributed by atoms with Crippen LogP contribution in [-0.2, 0) is 0 Å². The predicted octanol–water partition coefficient (Wildman–Crippen LogP) is 44.1. The smallest absolute Gasteiger partial charge is 0.00555 e. The monoisotopic (exact) mass is 1380 g/mol. The first-order valence-corrected chi connectivity index (χ1v) is 45.4. The second-order valence-corrected chi connectivity index (χ2v) is 10.8. The van der Waals surface area contributed by atoms with Gasteiger partial charge in [-0.2, -0.15) is 0 Å². The van der Waals surface area contributed by atoms with Crippen LogP contribution in [0.2, 0.25) is 0 Å². The molecule has 0 amide bonds. The fourth-order valence-electron chi connectivity index (χ4n) is 3.95. The fraction of sp³-hybridized carbons (Fsp3) is 0.936. The lowest BCUT2D eigenvalue weighted by atomic mass is 10.00. The van der Waals surface area contributed by atoms with Crippen LogP contribution in [0.3, 0.4) is 0 Å². The van der Waals surface area contributed by atoms with Crippen molar-refractivity contribution in [3.63, 3.8) is 0 Å². The van der Waals surface area contributed by atoms with E-state index in [1.165, 1.54) is 103 Å². The zero-order chi connectivity index (χ0) is 86.8. The lowest BCUT2D eigenvalue weighted by molar-refractivity contribution is 0.837. The molecular formula is C94H248. The van der Waals surface area contributed by atoms with E-state index in [4.69, 9.17) is 0 Å². The molecule has 0 N–H and O–H groups in total. The summed E-state index contributed by atoms with van der Waals surface area (Å²) in [7, 11) is 0. The van der Waals surface area contributed by atoms with Gasteiger partial charge in [0.2, 0.25) is 0 Å². The highest BCUT2D eigenvalue weighted by Gasteiger charge is 2.35. The number of allylic oxidation sites excluding steroid dienone is 6. The summed E-state index contributed by atoms with van der Waals surface area (Å²) >= 11 is 0. The topological polar surface area (TPSA) is 0 Å². The molecule has 0 unspecified atom stereocenters. The molecule has 0 heteroatoms. The standard InChI is InChI=1S/C14H16.8C3H8.28C2H6/c1-3-9-7-14-12-6-2-4-10(12)8-13(14)11(9)5-1;8*1-3-2;28*1-2/h1-8H2;8*3H2,1-2H3;28*1-2H3. The van der Waals surface area contributed by atoms with Crippen molar-refractivity contribution in [3.05, 3.63) is 33.4 Å². The van der Waals surface area contributed by atoms with Crippen LogP contribution < -0.4 is 0 Å². The predicted molar refractivity (Wildman–Crippen MR) is 503 cm³/mol. The van der Waals surface area contributed by atoms with Crippen molar-refractivity contribution in [1.29, 1.82) is 0 Å². The number of hydrogen-bond acceptors (Lipinski definition) is 0. The zero-order valence-corrected chi connectivity index (χ0v) is 86.3. The van der Waals surface area contributed by atoms with E-state index in [0.717, 1.165) is 0 Å². The summed E-state index contributed by atoms with van der Waals surface area (Å²) in [5, 5.41) is 0. The van der Waals surface area contributed by atoms with E-state index < -0.39 is 0 Å². The van der Waals surface area contributed by atoms with Crippen LogP contribution in [0.1, 0.15) is 601 Å². The first-order valence-electron chi connectivity index (χ1n) is 45.4. The molecule has 0 atom stereocenters. The SMILES string of the molecule is C1CC2=C(C1)C1=C(C2)C2=C(CCC2)C1.CC.CC.CC.CC.CC.CC.CC.CC.CC.CC.CC.CC.CC.CC.CC.CC.CC.CC.CC.CC.CC.CC.CC.CC.CC.CC.CC.CC.CCC.CCC.CCC.CCC.CCC.CCC.CCC.CCC. The summed E-state index contributed by atoms with van der Waals surface area (Å²) < 4.78 is 0. The summed E-state index contributed by atoms with van der Waals surface area (Å²) in [6.45, 7) is 146. The zero-order valence-electron chi connectivity index (χ0n) is 86.3. The minimum absolute atomic E-state index is 1.25. The molecule has 4 aliphatic rings. The maximum atomic E-state index is 2.12. The molecule has 4 aliphatic carbocycles. The first kappa shape index (κ1) is 219. The quantitative estimate of drug-likeness (QED) is 0.227. The van der Waals surface area contributed by atoms with Gasteiger partial charge >= 0.3 is 0 Å². The van der Waals surface area contributed by atoms with Crippen LogP contribution in [0.4, 0.5) is 0 Å². The Morgan fingerprint density at radius 1 is 0.128 bits per heavy atom. The minimum Gasteiger partial charge on any atom is -0.0683 e. The van der Waals surface area contributed by atoms with E-state index in [-0.39, 0.29) is 0 Å². The van der Waals surface area contributed by atoms with Crippen LogP contribution >= 0.6 is 0 Å². The second kappa shape index (κ2) is 695. The third-order valence-electron chi connectivity index (χ3n) is 4.54. The third-order valence-corrected chi connectivity index (χ3v) is 4.54. The Hall–Kier alpha value is -0.780. The Morgan fingerprint density at radius 3 is 0.277 bits per heavy atom. The second-order valence-electron chi connectivity index (χ2n) is 10.8. The summed E-state index contributed by atoms with van der Waals surface area (Å²) in [4.78, 5) is 0. The van der Waals surface area contributed by atoms with Crippen molar-refractivity contribution in [2.75, 3.05) is 0 Å². The lowest BCUT2D eigenvalue weighted by Crippen LogP contribution is -1.86. The maximum absolute atomic E-state index is 2.12. The van der Waals surface area contributed by atoms with Gasteiger partial charge in [0.1, 0.15) is 0 Å². The normalized spacial score (nSPS) is 7.66. The Morgan fingerprint density at radius 2 is 0.202 bits per heavy atom. The van der Waals surface area contributed by atoms with Crippen LogP contribution in [0.15, 0.2) is 33.4 Å². The van der Waals surface area contributed by atoms with Gasteiger partial charge < -0.3 is 0 Å². The van der Waals surface area contributed by atoms with Crippen molar-refractivity contribution < 1.29 is 0 Å². The summed E-state index contributed by atoms with van der Waals surface area (Å²) in [6.07, 6.45) is 21.2. The van der Waals surface area contributed by atoms with Crippen molar-refractivity contribution in [3.8, 4) is 0 Å². The van der Waals surface area contributed by atoms with Crippen molar-refractivity contribution in [1.82, 2.24) is 0 Å². The van der Waals surface area contributed by atoms with Gasteiger partial charge in [-0.15, -0.1) is 0 Å². The average molecular weight is 1380 g/mol. The fourth-order valence-corrected chi connectivity index (χ4v) is 3.95. The van der Waals surface area contributed by atoms with E-state index in [0.29, 0.717) is 0 Å². The lowest BCUT2D eigenvalue weighted by Gasteiger charge is -2.05. The molecule has 0 aromatic carbocycles. The van der Waals surface area contributed by atoms with Crippen LogP contribution in [0.25, 0.3) is 0 Å². The molecule has 0 spiro atoms. The Bertz CT molecular complexity index is 462. The van der Waals surface area contributed by atoms with Crippen LogP contribution in [0, 0.1) is 0 Å². The molecule has 0 saturated carbocycles. The third kappa shape index (κ3) is 483. The average Bonchev–Trinajstić information content (AvgIpc) is 2.64. The van der Waals surface area contributed by atoms with Gasteiger partial charge in [0.25, 0.3) is 0 Å². The number of fused-ring (bicyclic) bond motifs is 2. The van der Waals surface area contributed by atoms with E-state index in [1.54, 1.807) is 22.3 Å². The van der Waals surface area contributed by atoms with Gasteiger partial charge in [0.05, 0.1) is 0 Å². The first-order chi connectivity index (χ1) is 46.2. The summed E-state index contributed by atoms with van der Waals surface area (Å²) in [5.74, 6) is 0. The Kier molecular flexibility index (Phi) is 1620. The summed E-state index contributed by atoms with van der Waals surface area (Å²) in [6, 6.07) is 0. The molecule has 0 nitrogen and oxygen atoms in total. The van der Waals surface area contributed by atoms with Crippen LogP contribution in [-0.4, -0.2) is 0 Å². The van der Waals surface area contributed by atoms with E-state index in [1.807, 2.05) is 399 Å². The molecule has 0 aromatic rings. The van der Waals surface area contributed by atoms with Gasteiger partial charge in [-0.25, -0.2) is 0 Å². The number of rotatable bonds is 0. The molecular weight excluding hydrogens is 1130 g/mol. The van der Waals surface area contributed by atoms with Crippen molar-refractivity contribution in [2.45, 2.75) is 601 Å². The Labute approximate surface area is 631 Å². The van der Waals surface area contributed by atoms with Gasteiger partial charge in [0, 0.05) is 0 Å². The molecule has 0 aromatic heterocycles. The molecule has 94 heavy (non-hydrogen) atoms. The van der Waals surface area contributed by atoms with Gasteiger partial charge in [0.15, 0.2) is 0 Å². The van der Waals surface area contributed by atoms with E-state index in [9.17, 15) is 0 Å². The van der Waals surface area contributed by atoms with Crippen LogP contribution in [0.5, 0.6) is 0 Å². The van der Waals surface area contributed by atoms with E-state index >= 15 is 0 Å². The van der Waals surface area contributed by atoms with Crippen molar-refractivity contribution in [2.24, 2.45) is 0 Å². The highest BCUT2D eigenvalue weighted by Crippen LogP contribution is 2.54. The molecule has 0 fully saturated rings.